The molecule has 0 aromatic heterocycles. The predicted molar refractivity (Wildman–Crippen MR) is 75.4 cm³/mol. The molecular formula is C13H18N4O3. The lowest BCUT2D eigenvalue weighted by Gasteiger charge is -2.34. The summed E-state index contributed by atoms with van der Waals surface area (Å²) in [6.07, 6.45) is 0.918. The fourth-order valence-electron chi connectivity index (χ4n) is 2.43. The minimum Gasteiger partial charge on any atom is -0.326 e. The first-order valence-electron chi connectivity index (χ1n) is 6.51. The maximum absolute atomic E-state index is 12.1. The van der Waals surface area contributed by atoms with E-state index in [1.165, 1.54) is 24.3 Å². The zero-order valence-electron chi connectivity index (χ0n) is 11.3. The Morgan fingerprint density at radius 2 is 2.05 bits per heavy atom. The molecule has 0 saturated carbocycles. The lowest BCUT2D eigenvalue weighted by atomic mass is 9.97. The number of anilines is 1. The molecule has 0 spiro atoms. The number of non-ortho nitro benzene ring substituents is 1. The standard InChI is InChI=1S/C13H18N4O3/c1-9-6-10(14)8-16(7-9)13(18)15-11-2-4-12(5-3-11)17(19)20/h2-5,9-10H,6-8,14H2,1H3,(H,15,18). The van der Waals surface area contributed by atoms with Crippen LogP contribution in [0.1, 0.15) is 13.3 Å². The van der Waals surface area contributed by atoms with Gasteiger partial charge < -0.3 is 16.0 Å². The van der Waals surface area contributed by atoms with E-state index in [1.807, 2.05) is 0 Å². The number of piperidine rings is 1. The van der Waals surface area contributed by atoms with E-state index in [9.17, 15) is 14.9 Å². The topological polar surface area (TPSA) is 102 Å². The van der Waals surface area contributed by atoms with Crippen molar-refractivity contribution in [2.75, 3.05) is 18.4 Å². The Morgan fingerprint density at radius 1 is 1.40 bits per heavy atom. The molecule has 0 radical (unpaired) electrons. The largest absolute Gasteiger partial charge is 0.326 e. The van der Waals surface area contributed by atoms with Crippen LogP contribution in [0.2, 0.25) is 0 Å². The van der Waals surface area contributed by atoms with Crippen LogP contribution in [0, 0.1) is 16.0 Å². The normalized spacial score (nSPS) is 22.4. The summed E-state index contributed by atoms with van der Waals surface area (Å²) in [5, 5.41) is 13.3. The molecule has 108 valence electrons. The van der Waals surface area contributed by atoms with Gasteiger partial charge in [0.1, 0.15) is 0 Å². The molecule has 1 heterocycles. The smallest absolute Gasteiger partial charge is 0.321 e. The first-order chi connectivity index (χ1) is 9.45. The van der Waals surface area contributed by atoms with Crippen LogP contribution in [0.5, 0.6) is 0 Å². The Bertz CT molecular complexity index is 493. The fourth-order valence-corrected chi connectivity index (χ4v) is 2.43. The molecule has 1 aliphatic heterocycles. The van der Waals surface area contributed by atoms with Gasteiger partial charge in [0.15, 0.2) is 0 Å². The number of rotatable bonds is 2. The zero-order valence-corrected chi connectivity index (χ0v) is 11.3. The van der Waals surface area contributed by atoms with E-state index in [-0.39, 0.29) is 17.8 Å². The average Bonchev–Trinajstić information content (AvgIpc) is 2.38. The molecule has 2 unspecified atom stereocenters. The van der Waals surface area contributed by atoms with Crippen molar-refractivity contribution in [1.29, 1.82) is 0 Å². The van der Waals surface area contributed by atoms with Crippen molar-refractivity contribution in [3.8, 4) is 0 Å². The lowest BCUT2D eigenvalue weighted by Crippen LogP contribution is -2.50. The van der Waals surface area contributed by atoms with Crippen molar-refractivity contribution < 1.29 is 9.72 Å². The fraction of sp³-hybridized carbons (Fsp3) is 0.462. The highest BCUT2D eigenvalue weighted by Crippen LogP contribution is 2.18. The van der Waals surface area contributed by atoms with Gasteiger partial charge in [0.2, 0.25) is 0 Å². The molecule has 2 rings (SSSR count). The SMILES string of the molecule is CC1CC(N)CN(C(=O)Nc2ccc([N+](=O)[O-])cc2)C1. The summed E-state index contributed by atoms with van der Waals surface area (Å²) >= 11 is 0. The average molecular weight is 278 g/mol. The van der Waals surface area contributed by atoms with Gasteiger partial charge in [-0.15, -0.1) is 0 Å². The second kappa shape index (κ2) is 5.87. The van der Waals surface area contributed by atoms with Crippen LogP contribution in [0.4, 0.5) is 16.2 Å². The summed E-state index contributed by atoms with van der Waals surface area (Å²) < 4.78 is 0. The molecule has 0 bridgehead atoms. The Balaban J connectivity index is 1.98. The van der Waals surface area contributed by atoms with E-state index in [0.717, 1.165) is 6.42 Å². The number of nitrogens with two attached hydrogens (primary N) is 1. The molecule has 1 aromatic carbocycles. The number of carbonyl (C=O) groups is 1. The number of hydrogen-bond acceptors (Lipinski definition) is 4. The summed E-state index contributed by atoms with van der Waals surface area (Å²) in [5.74, 6) is 0.376. The highest BCUT2D eigenvalue weighted by Gasteiger charge is 2.25. The monoisotopic (exact) mass is 278 g/mol. The molecule has 2 atom stereocenters. The number of benzene rings is 1. The number of nitro groups is 1. The summed E-state index contributed by atoms with van der Waals surface area (Å²) in [4.78, 5) is 23.9. The third-order valence-electron chi connectivity index (χ3n) is 3.31. The maximum atomic E-state index is 12.1. The number of amides is 2. The van der Waals surface area contributed by atoms with Crippen LogP contribution in [0.25, 0.3) is 0 Å². The van der Waals surface area contributed by atoms with Crippen LogP contribution in [-0.2, 0) is 0 Å². The van der Waals surface area contributed by atoms with E-state index in [1.54, 1.807) is 4.90 Å². The summed E-state index contributed by atoms with van der Waals surface area (Å²) in [5.41, 5.74) is 6.43. The van der Waals surface area contributed by atoms with E-state index < -0.39 is 4.92 Å². The van der Waals surface area contributed by atoms with Crippen LogP contribution in [0.3, 0.4) is 0 Å². The quantitative estimate of drug-likeness (QED) is 0.636. The maximum Gasteiger partial charge on any atom is 0.321 e. The second-order valence-corrected chi connectivity index (χ2v) is 5.24. The molecule has 0 aliphatic carbocycles. The van der Waals surface area contributed by atoms with Gasteiger partial charge in [0.25, 0.3) is 5.69 Å². The van der Waals surface area contributed by atoms with Crippen molar-refractivity contribution in [1.82, 2.24) is 4.90 Å². The lowest BCUT2D eigenvalue weighted by molar-refractivity contribution is -0.384. The number of nitrogens with one attached hydrogen (secondary N) is 1. The van der Waals surface area contributed by atoms with Gasteiger partial charge in [-0.05, 0) is 24.5 Å². The minimum absolute atomic E-state index is 0.00126. The summed E-state index contributed by atoms with van der Waals surface area (Å²) in [7, 11) is 0. The number of urea groups is 1. The molecule has 7 nitrogen and oxygen atoms in total. The van der Waals surface area contributed by atoms with E-state index >= 15 is 0 Å². The number of nitro benzene ring substituents is 1. The Labute approximate surface area is 116 Å². The molecule has 1 fully saturated rings. The van der Waals surface area contributed by atoms with Crippen molar-refractivity contribution >= 4 is 17.4 Å². The Morgan fingerprint density at radius 3 is 2.60 bits per heavy atom. The van der Waals surface area contributed by atoms with Crippen LogP contribution in [0.15, 0.2) is 24.3 Å². The van der Waals surface area contributed by atoms with Crippen LogP contribution < -0.4 is 11.1 Å². The second-order valence-electron chi connectivity index (χ2n) is 5.24. The van der Waals surface area contributed by atoms with Gasteiger partial charge in [-0.3, -0.25) is 10.1 Å². The van der Waals surface area contributed by atoms with Gasteiger partial charge in [-0.2, -0.15) is 0 Å². The molecule has 1 aromatic rings. The van der Waals surface area contributed by atoms with Crippen LogP contribution in [-0.4, -0.2) is 35.0 Å². The third kappa shape index (κ3) is 3.45. The molecular weight excluding hydrogens is 260 g/mol. The van der Waals surface area contributed by atoms with Gasteiger partial charge in [-0.25, -0.2) is 4.79 Å². The number of hydrogen-bond donors (Lipinski definition) is 2. The summed E-state index contributed by atoms with van der Waals surface area (Å²) in [6.45, 7) is 3.26. The van der Waals surface area contributed by atoms with Crippen molar-refractivity contribution in [3.05, 3.63) is 34.4 Å². The number of carbonyl (C=O) groups excluding carboxylic acids is 1. The molecule has 20 heavy (non-hydrogen) atoms. The highest BCUT2D eigenvalue weighted by atomic mass is 16.6. The number of nitrogens with zero attached hydrogens (tertiary/aromatic N) is 2. The summed E-state index contributed by atoms with van der Waals surface area (Å²) in [6, 6.07) is 5.54. The van der Waals surface area contributed by atoms with E-state index in [4.69, 9.17) is 5.73 Å². The van der Waals surface area contributed by atoms with Gasteiger partial charge in [0.05, 0.1) is 4.92 Å². The Hall–Kier alpha value is -2.15. The highest BCUT2D eigenvalue weighted by molar-refractivity contribution is 5.89. The van der Waals surface area contributed by atoms with Crippen molar-refractivity contribution in [2.45, 2.75) is 19.4 Å². The number of likely N-dealkylation sites (tertiary alicyclic amines) is 1. The molecule has 1 saturated heterocycles. The van der Waals surface area contributed by atoms with Gasteiger partial charge in [-0.1, -0.05) is 6.92 Å². The Kier molecular flexibility index (Phi) is 4.19. The molecule has 2 amide bonds. The van der Waals surface area contributed by atoms with E-state index in [0.29, 0.717) is 24.7 Å². The van der Waals surface area contributed by atoms with Crippen molar-refractivity contribution in [2.24, 2.45) is 11.7 Å². The first-order valence-corrected chi connectivity index (χ1v) is 6.51. The molecule has 3 N–H and O–H groups in total. The molecule has 7 heteroatoms. The predicted octanol–water partition coefficient (Wildman–Crippen LogP) is 1.80. The van der Waals surface area contributed by atoms with Crippen LogP contribution >= 0.6 is 0 Å². The van der Waals surface area contributed by atoms with E-state index in [2.05, 4.69) is 12.2 Å². The first kappa shape index (κ1) is 14.3. The minimum atomic E-state index is -0.475. The third-order valence-corrected chi connectivity index (χ3v) is 3.31. The molecule has 1 aliphatic rings. The van der Waals surface area contributed by atoms with Gasteiger partial charge in [0, 0.05) is 37.0 Å². The zero-order chi connectivity index (χ0) is 14.7. The van der Waals surface area contributed by atoms with Gasteiger partial charge >= 0.3 is 6.03 Å². The van der Waals surface area contributed by atoms with Crippen molar-refractivity contribution in [3.63, 3.8) is 0 Å².